The van der Waals surface area contributed by atoms with E-state index in [0.717, 1.165) is 37.8 Å². The summed E-state index contributed by atoms with van der Waals surface area (Å²) in [5.74, 6) is 2.82. The number of likely N-dealkylation sites (tertiary alicyclic amines) is 1. The van der Waals surface area contributed by atoms with Gasteiger partial charge in [0.2, 0.25) is 0 Å². The van der Waals surface area contributed by atoms with Crippen LogP contribution < -0.4 is 4.74 Å². The average molecular weight is 259 g/mol. The summed E-state index contributed by atoms with van der Waals surface area (Å²) in [7, 11) is 0. The summed E-state index contributed by atoms with van der Waals surface area (Å²) in [6.45, 7) is 4.13. The lowest BCUT2D eigenvalue weighted by atomic mass is 9.99. The van der Waals surface area contributed by atoms with Gasteiger partial charge < -0.3 is 14.7 Å². The van der Waals surface area contributed by atoms with Crippen molar-refractivity contribution in [2.45, 2.75) is 24.9 Å². The number of hydrogen-bond acceptors (Lipinski definition) is 3. The monoisotopic (exact) mass is 259 g/mol. The Kier molecular flexibility index (Phi) is 2.78. The molecule has 1 aliphatic carbocycles. The van der Waals surface area contributed by atoms with Crippen LogP contribution in [0.4, 0.5) is 0 Å². The first-order chi connectivity index (χ1) is 9.31. The Hall–Kier alpha value is -1.06. The summed E-state index contributed by atoms with van der Waals surface area (Å²) >= 11 is 0. The molecule has 4 atom stereocenters. The molecular formula is C16H21NO2. The smallest absolute Gasteiger partial charge is 0.122 e. The highest BCUT2D eigenvalue weighted by atomic mass is 16.5. The van der Waals surface area contributed by atoms with Gasteiger partial charge in [-0.05, 0) is 24.8 Å². The van der Waals surface area contributed by atoms with Gasteiger partial charge in [-0.25, -0.2) is 0 Å². The average Bonchev–Trinajstić information content (AvgIpc) is 3.09. The molecule has 1 saturated carbocycles. The number of ether oxygens (including phenoxy) is 1. The van der Waals surface area contributed by atoms with Crippen LogP contribution in [0.15, 0.2) is 24.3 Å². The molecule has 3 aliphatic rings. The van der Waals surface area contributed by atoms with Crippen molar-refractivity contribution in [1.29, 1.82) is 0 Å². The maximum Gasteiger partial charge on any atom is 0.122 e. The van der Waals surface area contributed by atoms with E-state index in [2.05, 4.69) is 23.1 Å². The molecule has 3 heteroatoms. The molecule has 0 radical (unpaired) electrons. The predicted octanol–water partition coefficient (Wildman–Crippen LogP) is 1.87. The van der Waals surface area contributed by atoms with Gasteiger partial charge in [-0.15, -0.1) is 0 Å². The van der Waals surface area contributed by atoms with E-state index < -0.39 is 0 Å². The summed E-state index contributed by atoms with van der Waals surface area (Å²) in [5, 5.41) is 9.98. The van der Waals surface area contributed by atoms with E-state index in [1.165, 1.54) is 18.5 Å². The summed E-state index contributed by atoms with van der Waals surface area (Å²) in [4.78, 5) is 2.54. The maximum absolute atomic E-state index is 9.98. The SMILES string of the molecule is OC1CCC2CN(CC3COc4ccccc43)CC12. The van der Waals surface area contributed by atoms with Crippen LogP contribution in [0.25, 0.3) is 0 Å². The third-order valence-electron chi connectivity index (χ3n) is 5.17. The Labute approximate surface area is 114 Å². The zero-order valence-electron chi connectivity index (χ0n) is 11.2. The first-order valence-corrected chi connectivity index (χ1v) is 7.43. The van der Waals surface area contributed by atoms with Gasteiger partial charge in [0.15, 0.2) is 0 Å². The van der Waals surface area contributed by atoms with E-state index in [0.29, 0.717) is 11.8 Å². The molecule has 2 aliphatic heterocycles. The Morgan fingerprint density at radius 3 is 3.00 bits per heavy atom. The number of aliphatic hydroxyl groups excluding tert-OH is 1. The summed E-state index contributed by atoms with van der Waals surface area (Å²) in [6, 6.07) is 8.40. The van der Waals surface area contributed by atoms with Gasteiger partial charge in [-0.3, -0.25) is 0 Å². The zero-order valence-corrected chi connectivity index (χ0v) is 11.2. The van der Waals surface area contributed by atoms with Crippen LogP contribution in [-0.4, -0.2) is 42.4 Å². The second kappa shape index (κ2) is 4.50. The molecule has 0 bridgehead atoms. The number of fused-ring (bicyclic) bond motifs is 2. The van der Waals surface area contributed by atoms with Crippen molar-refractivity contribution < 1.29 is 9.84 Å². The van der Waals surface area contributed by atoms with Crippen molar-refractivity contribution in [2.24, 2.45) is 11.8 Å². The van der Waals surface area contributed by atoms with E-state index in [9.17, 15) is 5.11 Å². The molecule has 2 heterocycles. The van der Waals surface area contributed by atoms with Crippen molar-refractivity contribution in [1.82, 2.24) is 4.90 Å². The number of para-hydroxylation sites is 1. The predicted molar refractivity (Wildman–Crippen MR) is 73.3 cm³/mol. The van der Waals surface area contributed by atoms with Crippen LogP contribution in [-0.2, 0) is 0 Å². The normalized spacial score (nSPS) is 37.1. The third-order valence-corrected chi connectivity index (χ3v) is 5.17. The zero-order chi connectivity index (χ0) is 12.8. The molecular weight excluding hydrogens is 238 g/mol. The molecule has 102 valence electrons. The Morgan fingerprint density at radius 2 is 2.11 bits per heavy atom. The number of hydrogen-bond donors (Lipinski definition) is 1. The van der Waals surface area contributed by atoms with Gasteiger partial charge >= 0.3 is 0 Å². The lowest BCUT2D eigenvalue weighted by Gasteiger charge is -2.21. The van der Waals surface area contributed by atoms with Gasteiger partial charge in [-0.1, -0.05) is 18.2 Å². The standard InChI is InChI=1S/C16H21NO2/c18-15-6-5-11-7-17(9-14(11)15)8-12-10-19-16-4-2-1-3-13(12)16/h1-4,11-12,14-15,18H,5-10H2. The summed E-state index contributed by atoms with van der Waals surface area (Å²) in [5.41, 5.74) is 1.36. The fraction of sp³-hybridized carbons (Fsp3) is 0.625. The van der Waals surface area contributed by atoms with E-state index >= 15 is 0 Å². The van der Waals surface area contributed by atoms with Crippen molar-refractivity contribution >= 4 is 0 Å². The van der Waals surface area contributed by atoms with Crippen LogP contribution in [0.5, 0.6) is 5.75 Å². The molecule has 1 aromatic rings. The minimum Gasteiger partial charge on any atom is -0.493 e. The first kappa shape index (κ1) is 11.7. The van der Waals surface area contributed by atoms with Crippen molar-refractivity contribution in [3.05, 3.63) is 29.8 Å². The Bertz CT molecular complexity index is 476. The molecule has 2 fully saturated rings. The Balaban J connectivity index is 1.44. The molecule has 19 heavy (non-hydrogen) atoms. The van der Waals surface area contributed by atoms with Crippen molar-refractivity contribution in [3.8, 4) is 5.75 Å². The van der Waals surface area contributed by atoms with E-state index in [1.807, 2.05) is 6.07 Å². The van der Waals surface area contributed by atoms with Gasteiger partial charge in [0.1, 0.15) is 5.75 Å². The van der Waals surface area contributed by atoms with Crippen LogP contribution >= 0.6 is 0 Å². The van der Waals surface area contributed by atoms with E-state index in [1.54, 1.807) is 0 Å². The van der Waals surface area contributed by atoms with Gasteiger partial charge in [0.05, 0.1) is 12.7 Å². The quantitative estimate of drug-likeness (QED) is 0.880. The minimum absolute atomic E-state index is 0.0536. The number of rotatable bonds is 2. The molecule has 3 nitrogen and oxygen atoms in total. The summed E-state index contributed by atoms with van der Waals surface area (Å²) in [6.07, 6.45) is 2.17. The largest absolute Gasteiger partial charge is 0.493 e. The van der Waals surface area contributed by atoms with Crippen LogP contribution in [0.1, 0.15) is 24.3 Å². The number of aliphatic hydroxyl groups is 1. The second-order valence-corrected chi connectivity index (χ2v) is 6.33. The Morgan fingerprint density at radius 1 is 1.21 bits per heavy atom. The van der Waals surface area contributed by atoms with Gasteiger partial charge in [0.25, 0.3) is 0 Å². The summed E-state index contributed by atoms with van der Waals surface area (Å²) < 4.78 is 5.76. The first-order valence-electron chi connectivity index (χ1n) is 7.43. The fourth-order valence-electron chi connectivity index (χ4n) is 4.17. The lowest BCUT2D eigenvalue weighted by molar-refractivity contribution is 0.123. The topological polar surface area (TPSA) is 32.7 Å². The van der Waals surface area contributed by atoms with Gasteiger partial charge in [0, 0.05) is 37.0 Å². The number of nitrogens with zero attached hydrogens (tertiary/aromatic N) is 1. The minimum atomic E-state index is -0.0536. The van der Waals surface area contributed by atoms with Gasteiger partial charge in [-0.2, -0.15) is 0 Å². The van der Waals surface area contributed by atoms with Crippen LogP contribution in [0, 0.1) is 11.8 Å². The number of benzene rings is 1. The molecule has 4 rings (SSSR count). The molecule has 0 aromatic heterocycles. The van der Waals surface area contributed by atoms with Crippen LogP contribution in [0.2, 0.25) is 0 Å². The lowest BCUT2D eigenvalue weighted by Crippen LogP contribution is -2.29. The molecule has 0 spiro atoms. The highest BCUT2D eigenvalue weighted by molar-refractivity contribution is 5.39. The molecule has 1 aromatic carbocycles. The maximum atomic E-state index is 9.98. The molecule has 1 N–H and O–H groups in total. The van der Waals surface area contributed by atoms with E-state index in [4.69, 9.17) is 4.74 Å². The van der Waals surface area contributed by atoms with Crippen molar-refractivity contribution in [2.75, 3.05) is 26.2 Å². The second-order valence-electron chi connectivity index (χ2n) is 6.33. The highest BCUT2D eigenvalue weighted by Crippen LogP contribution is 2.40. The highest BCUT2D eigenvalue weighted by Gasteiger charge is 2.42. The van der Waals surface area contributed by atoms with E-state index in [-0.39, 0.29) is 6.10 Å². The third kappa shape index (κ3) is 1.96. The molecule has 1 saturated heterocycles. The molecule has 0 amide bonds. The fourth-order valence-corrected chi connectivity index (χ4v) is 4.17. The van der Waals surface area contributed by atoms with Crippen molar-refractivity contribution in [3.63, 3.8) is 0 Å². The molecule has 4 unspecified atom stereocenters. The van der Waals surface area contributed by atoms with Crippen LogP contribution in [0.3, 0.4) is 0 Å².